The van der Waals surface area contributed by atoms with Crippen LogP contribution in [0.5, 0.6) is 0 Å². The van der Waals surface area contributed by atoms with E-state index in [2.05, 4.69) is 59.8 Å². The number of piperidine rings is 1. The van der Waals surface area contributed by atoms with Gasteiger partial charge in [0.1, 0.15) is 0 Å². The molecular weight excluding hydrogens is 340 g/mol. The molecule has 140 valence electrons. The Morgan fingerprint density at radius 2 is 1.92 bits per heavy atom. The van der Waals surface area contributed by atoms with Crippen molar-refractivity contribution in [3.8, 4) is 0 Å². The number of benzene rings is 1. The topological polar surface area (TPSA) is 32.3 Å². The number of hydrogen-bond acceptors (Lipinski definition) is 3. The second-order valence-corrected chi connectivity index (χ2v) is 8.54. The van der Waals surface area contributed by atoms with Crippen molar-refractivity contribution in [2.75, 3.05) is 19.6 Å². The van der Waals surface area contributed by atoms with Gasteiger partial charge in [-0.25, -0.2) is 0 Å². The molecule has 0 atom stereocenters. The van der Waals surface area contributed by atoms with Crippen LogP contribution in [0.1, 0.15) is 40.8 Å². The minimum atomic E-state index is 0.219. The first-order valence-corrected chi connectivity index (χ1v) is 10.6. The molecule has 1 aromatic heterocycles. The minimum Gasteiger partial charge on any atom is -0.356 e. The Morgan fingerprint density at radius 1 is 1.19 bits per heavy atom. The van der Waals surface area contributed by atoms with Crippen LogP contribution < -0.4 is 5.32 Å². The van der Waals surface area contributed by atoms with Gasteiger partial charge >= 0.3 is 0 Å². The van der Waals surface area contributed by atoms with Gasteiger partial charge in [-0.05, 0) is 74.2 Å². The van der Waals surface area contributed by atoms with Crippen molar-refractivity contribution in [2.24, 2.45) is 5.92 Å². The quantitative estimate of drug-likeness (QED) is 0.787. The Labute approximate surface area is 161 Å². The number of carbonyl (C=O) groups excluding carboxylic acids is 1. The van der Waals surface area contributed by atoms with Gasteiger partial charge in [-0.2, -0.15) is 0 Å². The molecular formula is C22H30N2OS. The van der Waals surface area contributed by atoms with Gasteiger partial charge in [0.25, 0.3) is 0 Å². The Morgan fingerprint density at radius 3 is 2.58 bits per heavy atom. The molecule has 1 aliphatic heterocycles. The number of thiophene rings is 1. The van der Waals surface area contributed by atoms with Crippen molar-refractivity contribution in [1.29, 1.82) is 0 Å². The van der Waals surface area contributed by atoms with E-state index in [4.69, 9.17) is 0 Å². The zero-order chi connectivity index (χ0) is 18.4. The van der Waals surface area contributed by atoms with Crippen molar-refractivity contribution in [1.82, 2.24) is 10.2 Å². The van der Waals surface area contributed by atoms with Crippen LogP contribution in [-0.4, -0.2) is 30.4 Å². The van der Waals surface area contributed by atoms with Crippen LogP contribution in [0.4, 0.5) is 0 Å². The first kappa shape index (κ1) is 19.1. The summed E-state index contributed by atoms with van der Waals surface area (Å²) in [6.45, 7) is 8.31. The Balaban J connectivity index is 1.33. The molecule has 1 aliphatic rings. The van der Waals surface area contributed by atoms with E-state index in [-0.39, 0.29) is 5.91 Å². The van der Waals surface area contributed by atoms with E-state index in [1.807, 2.05) is 0 Å². The summed E-state index contributed by atoms with van der Waals surface area (Å²) in [4.78, 5) is 16.1. The molecule has 1 fully saturated rings. The normalized spacial score (nSPS) is 15.9. The zero-order valence-corrected chi connectivity index (χ0v) is 16.8. The minimum absolute atomic E-state index is 0.219. The van der Waals surface area contributed by atoms with Crippen molar-refractivity contribution in [3.63, 3.8) is 0 Å². The van der Waals surface area contributed by atoms with E-state index in [0.717, 1.165) is 45.4 Å². The lowest BCUT2D eigenvalue weighted by atomic mass is 9.93. The zero-order valence-electron chi connectivity index (χ0n) is 16.0. The fourth-order valence-electron chi connectivity index (χ4n) is 3.67. The predicted molar refractivity (Wildman–Crippen MR) is 110 cm³/mol. The molecule has 3 nitrogen and oxygen atoms in total. The summed E-state index contributed by atoms with van der Waals surface area (Å²) in [5.74, 6) is 0.753. The summed E-state index contributed by atoms with van der Waals surface area (Å²) < 4.78 is 0. The van der Waals surface area contributed by atoms with E-state index >= 15 is 0 Å². The third-order valence-corrected chi connectivity index (χ3v) is 6.60. The largest absolute Gasteiger partial charge is 0.356 e. The molecule has 0 spiro atoms. The molecule has 1 N–H and O–H groups in total. The third-order valence-electron chi connectivity index (χ3n) is 5.53. The smallest absolute Gasteiger partial charge is 0.220 e. The second-order valence-electron chi connectivity index (χ2n) is 7.45. The van der Waals surface area contributed by atoms with Crippen LogP contribution in [0.2, 0.25) is 0 Å². The molecule has 0 aliphatic carbocycles. The molecule has 26 heavy (non-hydrogen) atoms. The van der Waals surface area contributed by atoms with Gasteiger partial charge in [0.05, 0.1) is 0 Å². The van der Waals surface area contributed by atoms with Gasteiger partial charge < -0.3 is 5.32 Å². The molecule has 1 amide bonds. The van der Waals surface area contributed by atoms with Crippen molar-refractivity contribution < 1.29 is 4.79 Å². The van der Waals surface area contributed by atoms with Gasteiger partial charge in [0.2, 0.25) is 5.91 Å². The molecule has 2 heterocycles. The standard InChI is InChI=1S/C22H30N2OS/c1-17-18(2)26-16-21(17)8-11-23-22(25)14-19-9-12-24(13-10-19)15-20-6-4-3-5-7-20/h3-7,16,19H,8-15H2,1-2H3,(H,23,25). The Hall–Kier alpha value is -1.65. The summed E-state index contributed by atoms with van der Waals surface area (Å²) in [6, 6.07) is 10.7. The second kappa shape index (κ2) is 9.33. The lowest BCUT2D eigenvalue weighted by Gasteiger charge is -2.31. The molecule has 0 radical (unpaired) electrons. The number of carbonyl (C=O) groups is 1. The summed E-state index contributed by atoms with van der Waals surface area (Å²) in [5, 5.41) is 5.34. The van der Waals surface area contributed by atoms with Crippen LogP contribution in [0.3, 0.4) is 0 Å². The maximum atomic E-state index is 12.2. The number of nitrogens with one attached hydrogen (secondary N) is 1. The van der Waals surface area contributed by atoms with E-state index in [1.165, 1.54) is 21.6 Å². The molecule has 0 bridgehead atoms. The lowest BCUT2D eigenvalue weighted by Crippen LogP contribution is -2.35. The van der Waals surface area contributed by atoms with Crippen LogP contribution in [0, 0.1) is 19.8 Å². The molecule has 2 aromatic rings. The average molecular weight is 371 g/mol. The van der Waals surface area contributed by atoms with Gasteiger partial charge in [-0.1, -0.05) is 30.3 Å². The van der Waals surface area contributed by atoms with Crippen molar-refractivity contribution in [2.45, 2.75) is 46.1 Å². The van der Waals surface area contributed by atoms with E-state index in [1.54, 1.807) is 11.3 Å². The molecule has 4 heteroatoms. The number of amides is 1. The number of nitrogens with zero attached hydrogens (tertiary/aromatic N) is 1. The molecule has 0 saturated carbocycles. The van der Waals surface area contributed by atoms with Crippen LogP contribution in [-0.2, 0) is 17.8 Å². The van der Waals surface area contributed by atoms with Crippen molar-refractivity contribution >= 4 is 17.2 Å². The monoisotopic (exact) mass is 370 g/mol. The van der Waals surface area contributed by atoms with E-state index in [9.17, 15) is 4.79 Å². The molecule has 1 saturated heterocycles. The predicted octanol–water partition coefficient (Wildman–Crippen LogP) is 4.33. The van der Waals surface area contributed by atoms with Gasteiger partial charge in [0.15, 0.2) is 0 Å². The maximum Gasteiger partial charge on any atom is 0.220 e. The summed E-state index contributed by atoms with van der Waals surface area (Å²) in [7, 11) is 0. The number of hydrogen-bond donors (Lipinski definition) is 1. The van der Waals surface area contributed by atoms with Gasteiger partial charge in [0, 0.05) is 24.4 Å². The molecule has 0 unspecified atom stereocenters. The lowest BCUT2D eigenvalue weighted by molar-refractivity contribution is -0.122. The SMILES string of the molecule is Cc1scc(CCNC(=O)CC2CCN(Cc3ccccc3)CC2)c1C. The summed E-state index contributed by atoms with van der Waals surface area (Å²) in [5.41, 5.74) is 4.14. The maximum absolute atomic E-state index is 12.2. The first-order chi connectivity index (χ1) is 12.6. The fourth-order valence-corrected chi connectivity index (χ4v) is 4.59. The highest BCUT2D eigenvalue weighted by Crippen LogP contribution is 2.22. The molecule has 3 rings (SSSR count). The van der Waals surface area contributed by atoms with Gasteiger partial charge in [-0.15, -0.1) is 11.3 Å². The van der Waals surface area contributed by atoms with Crippen molar-refractivity contribution in [3.05, 3.63) is 57.3 Å². The first-order valence-electron chi connectivity index (χ1n) is 9.68. The number of aryl methyl sites for hydroxylation is 1. The van der Waals surface area contributed by atoms with Crippen LogP contribution in [0.25, 0.3) is 0 Å². The van der Waals surface area contributed by atoms with Crippen LogP contribution >= 0.6 is 11.3 Å². The third kappa shape index (κ3) is 5.42. The summed E-state index contributed by atoms with van der Waals surface area (Å²) in [6.07, 6.45) is 3.88. The highest BCUT2D eigenvalue weighted by atomic mass is 32.1. The molecule has 1 aromatic carbocycles. The Bertz CT molecular complexity index is 702. The number of rotatable bonds is 7. The number of likely N-dealkylation sites (tertiary alicyclic amines) is 1. The van der Waals surface area contributed by atoms with E-state index in [0.29, 0.717) is 12.3 Å². The van der Waals surface area contributed by atoms with Gasteiger partial charge in [-0.3, -0.25) is 9.69 Å². The summed E-state index contributed by atoms with van der Waals surface area (Å²) >= 11 is 1.80. The fraction of sp³-hybridized carbons (Fsp3) is 0.500. The van der Waals surface area contributed by atoms with E-state index < -0.39 is 0 Å². The highest BCUT2D eigenvalue weighted by molar-refractivity contribution is 7.10. The average Bonchev–Trinajstić information content (AvgIpc) is 2.96. The van der Waals surface area contributed by atoms with Crippen LogP contribution in [0.15, 0.2) is 35.7 Å². The Kier molecular flexibility index (Phi) is 6.86. The highest BCUT2D eigenvalue weighted by Gasteiger charge is 2.21.